The Morgan fingerprint density at radius 3 is 2.11 bits per heavy atom. The van der Waals surface area contributed by atoms with Gasteiger partial charge in [0.2, 0.25) is 26.0 Å². The van der Waals surface area contributed by atoms with Gasteiger partial charge < -0.3 is 10.1 Å². The SMILES string of the molecule is Cc1cc(C)c(N(CC(=O)NCCOc2ccc(S(=O)(=O)N3CCCCC3)cc2)S(C)(=O)=O)c(C)c1. The molecule has 0 aliphatic carbocycles. The molecule has 9 nitrogen and oxygen atoms in total. The summed E-state index contributed by atoms with van der Waals surface area (Å²) < 4.78 is 58.6. The molecule has 1 aliphatic rings. The summed E-state index contributed by atoms with van der Waals surface area (Å²) in [5.74, 6) is 0.0249. The van der Waals surface area contributed by atoms with Crippen molar-refractivity contribution in [2.45, 2.75) is 44.9 Å². The van der Waals surface area contributed by atoms with Gasteiger partial charge >= 0.3 is 0 Å². The van der Waals surface area contributed by atoms with Crippen LogP contribution in [0.5, 0.6) is 5.75 Å². The molecule has 0 atom stereocenters. The van der Waals surface area contributed by atoms with Gasteiger partial charge in [-0.2, -0.15) is 4.31 Å². The van der Waals surface area contributed by atoms with Crippen LogP contribution >= 0.6 is 0 Å². The minimum Gasteiger partial charge on any atom is -0.492 e. The van der Waals surface area contributed by atoms with E-state index in [4.69, 9.17) is 4.74 Å². The Hall–Kier alpha value is -2.63. The Morgan fingerprint density at radius 2 is 1.56 bits per heavy atom. The van der Waals surface area contributed by atoms with Crippen LogP contribution in [0.3, 0.4) is 0 Å². The highest BCUT2D eigenvalue weighted by Crippen LogP contribution is 2.28. The number of benzene rings is 2. The maximum atomic E-state index is 12.7. The van der Waals surface area contributed by atoms with Crippen LogP contribution in [0, 0.1) is 20.8 Å². The molecule has 3 rings (SSSR count). The highest BCUT2D eigenvalue weighted by atomic mass is 32.2. The van der Waals surface area contributed by atoms with Gasteiger partial charge in [-0.15, -0.1) is 0 Å². The molecule has 1 saturated heterocycles. The fraction of sp³-hybridized carbons (Fsp3) is 0.480. The normalized spacial score (nSPS) is 14.9. The van der Waals surface area contributed by atoms with Gasteiger partial charge in [0.1, 0.15) is 18.9 Å². The van der Waals surface area contributed by atoms with Crippen LogP contribution in [-0.2, 0) is 24.8 Å². The summed E-state index contributed by atoms with van der Waals surface area (Å²) in [6.45, 7) is 6.63. The fourth-order valence-corrected chi connectivity index (χ4v) is 6.92. The maximum Gasteiger partial charge on any atom is 0.243 e. The van der Waals surface area contributed by atoms with Gasteiger partial charge in [-0.3, -0.25) is 9.10 Å². The number of piperidine rings is 1. The number of nitrogens with zero attached hydrogens (tertiary/aromatic N) is 2. The summed E-state index contributed by atoms with van der Waals surface area (Å²) in [6, 6.07) is 9.99. The highest BCUT2D eigenvalue weighted by molar-refractivity contribution is 7.92. The van der Waals surface area contributed by atoms with E-state index in [0.29, 0.717) is 24.5 Å². The van der Waals surface area contributed by atoms with E-state index in [1.54, 1.807) is 12.1 Å². The lowest BCUT2D eigenvalue weighted by molar-refractivity contribution is -0.119. The Balaban J connectivity index is 1.54. The third-order valence-electron chi connectivity index (χ3n) is 6.04. The van der Waals surface area contributed by atoms with E-state index < -0.39 is 26.0 Å². The van der Waals surface area contributed by atoms with Gasteiger partial charge in [-0.25, -0.2) is 16.8 Å². The lowest BCUT2D eigenvalue weighted by Crippen LogP contribution is -2.42. The summed E-state index contributed by atoms with van der Waals surface area (Å²) in [5.41, 5.74) is 3.08. The molecule has 1 N–H and O–H groups in total. The second kappa shape index (κ2) is 11.6. The number of sulfonamides is 2. The molecule has 0 radical (unpaired) electrons. The number of rotatable bonds is 10. The summed E-state index contributed by atoms with van der Waals surface area (Å²) in [4.78, 5) is 12.8. The van der Waals surface area contributed by atoms with Crippen LogP contribution in [-0.4, -0.2) is 66.1 Å². The fourth-order valence-electron chi connectivity index (χ4n) is 4.44. The number of nitrogens with one attached hydrogen (secondary N) is 1. The average molecular weight is 538 g/mol. The third-order valence-corrected chi connectivity index (χ3v) is 9.07. The van der Waals surface area contributed by atoms with E-state index in [2.05, 4.69) is 5.32 Å². The van der Waals surface area contributed by atoms with Gasteiger partial charge in [0, 0.05) is 13.1 Å². The molecule has 1 amide bonds. The smallest absolute Gasteiger partial charge is 0.243 e. The van der Waals surface area contributed by atoms with Gasteiger partial charge in [0.05, 0.1) is 23.4 Å². The van der Waals surface area contributed by atoms with Crippen molar-refractivity contribution in [3.63, 3.8) is 0 Å². The van der Waals surface area contributed by atoms with Crippen molar-refractivity contribution in [3.05, 3.63) is 53.1 Å². The van der Waals surface area contributed by atoms with Gasteiger partial charge in [0.25, 0.3) is 0 Å². The first-order valence-corrected chi connectivity index (χ1v) is 15.2. The van der Waals surface area contributed by atoms with E-state index in [-0.39, 0.29) is 24.6 Å². The Bertz CT molecular complexity index is 1260. The molecule has 0 spiro atoms. The van der Waals surface area contributed by atoms with Crippen molar-refractivity contribution in [1.29, 1.82) is 0 Å². The summed E-state index contributed by atoms with van der Waals surface area (Å²) >= 11 is 0. The predicted molar refractivity (Wildman–Crippen MR) is 140 cm³/mol. The van der Waals surface area contributed by atoms with Crippen molar-refractivity contribution in [3.8, 4) is 5.75 Å². The number of aryl methyl sites for hydroxylation is 3. The first-order valence-electron chi connectivity index (χ1n) is 11.9. The molecule has 1 aliphatic heterocycles. The third kappa shape index (κ3) is 6.98. The van der Waals surface area contributed by atoms with Crippen LogP contribution < -0.4 is 14.4 Å². The molecule has 0 bridgehead atoms. The number of carbonyl (C=O) groups is 1. The standard InChI is InChI=1S/C25H35N3O6S2/c1-19-16-20(2)25(21(3)17-19)28(35(4,30)31)18-24(29)26-12-15-34-22-8-10-23(11-9-22)36(32,33)27-13-6-5-7-14-27/h8-11,16-17H,5-7,12-15,18H2,1-4H3,(H,26,29). The lowest BCUT2D eigenvalue weighted by Gasteiger charge is -2.26. The molecular weight excluding hydrogens is 502 g/mol. The second-order valence-corrected chi connectivity index (χ2v) is 13.0. The molecule has 2 aromatic rings. The van der Waals surface area contributed by atoms with Crippen molar-refractivity contribution in [1.82, 2.24) is 9.62 Å². The zero-order valence-electron chi connectivity index (χ0n) is 21.3. The van der Waals surface area contributed by atoms with Crippen LogP contribution in [0.15, 0.2) is 41.3 Å². The number of hydrogen-bond acceptors (Lipinski definition) is 6. The van der Waals surface area contributed by atoms with Crippen molar-refractivity contribution in [2.75, 3.05) is 43.3 Å². The van der Waals surface area contributed by atoms with Crippen LogP contribution in [0.2, 0.25) is 0 Å². The first-order chi connectivity index (χ1) is 16.9. The number of carbonyl (C=O) groups excluding carboxylic acids is 1. The number of amides is 1. The van der Waals surface area contributed by atoms with Gasteiger partial charge in [-0.1, -0.05) is 24.1 Å². The zero-order valence-corrected chi connectivity index (χ0v) is 22.9. The van der Waals surface area contributed by atoms with E-state index in [0.717, 1.165) is 46.5 Å². The Morgan fingerprint density at radius 1 is 0.972 bits per heavy atom. The molecule has 0 unspecified atom stereocenters. The highest BCUT2D eigenvalue weighted by Gasteiger charge is 2.26. The largest absolute Gasteiger partial charge is 0.492 e. The monoisotopic (exact) mass is 537 g/mol. The molecule has 36 heavy (non-hydrogen) atoms. The average Bonchev–Trinajstić information content (AvgIpc) is 2.81. The van der Waals surface area contributed by atoms with E-state index in [1.165, 1.54) is 16.4 Å². The van der Waals surface area contributed by atoms with Crippen LogP contribution in [0.25, 0.3) is 0 Å². The summed E-state index contributed by atoms with van der Waals surface area (Å²) in [6.07, 6.45) is 3.88. The minimum absolute atomic E-state index is 0.144. The molecule has 11 heteroatoms. The molecule has 1 fully saturated rings. The lowest BCUT2D eigenvalue weighted by atomic mass is 10.1. The summed E-state index contributed by atoms with van der Waals surface area (Å²) in [5, 5.41) is 2.68. The number of ether oxygens (including phenoxy) is 1. The van der Waals surface area contributed by atoms with Gasteiger partial charge in [0.15, 0.2) is 0 Å². The minimum atomic E-state index is -3.68. The van der Waals surface area contributed by atoms with E-state index in [1.807, 2.05) is 32.9 Å². The molecule has 198 valence electrons. The van der Waals surface area contributed by atoms with Crippen molar-refractivity contribution in [2.24, 2.45) is 0 Å². The van der Waals surface area contributed by atoms with Crippen LogP contribution in [0.4, 0.5) is 5.69 Å². The maximum absolute atomic E-state index is 12.7. The molecule has 2 aromatic carbocycles. The zero-order chi connectivity index (χ0) is 26.5. The van der Waals surface area contributed by atoms with E-state index in [9.17, 15) is 21.6 Å². The molecule has 0 aromatic heterocycles. The van der Waals surface area contributed by atoms with E-state index >= 15 is 0 Å². The van der Waals surface area contributed by atoms with Crippen molar-refractivity contribution < 1.29 is 26.4 Å². The quantitative estimate of drug-likeness (QED) is 0.467. The number of anilines is 1. The number of hydrogen-bond donors (Lipinski definition) is 1. The second-order valence-electron chi connectivity index (χ2n) is 9.15. The first kappa shape index (κ1) is 27.9. The van der Waals surface area contributed by atoms with Crippen molar-refractivity contribution >= 4 is 31.6 Å². The molecule has 0 saturated carbocycles. The Labute approximate surface area is 214 Å². The van der Waals surface area contributed by atoms with Gasteiger partial charge in [-0.05, 0) is 69.0 Å². The van der Waals surface area contributed by atoms with Crippen LogP contribution in [0.1, 0.15) is 36.0 Å². The topological polar surface area (TPSA) is 113 Å². The predicted octanol–water partition coefficient (Wildman–Crippen LogP) is 2.75. The molecule has 1 heterocycles. The summed E-state index contributed by atoms with van der Waals surface area (Å²) in [7, 11) is -7.18. The molecular formula is C25H35N3O6S2. The Kier molecular flexibility index (Phi) is 9.02.